The quantitative estimate of drug-likeness (QED) is 0.431. The average Bonchev–Trinajstić information content (AvgIpc) is 3.14. The van der Waals surface area contributed by atoms with E-state index in [0.29, 0.717) is 23.6 Å². The Labute approximate surface area is 215 Å². The van der Waals surface area contributed by atoms with Crippen LogP contribution in [0.3, 0.4) is 0 Å². The number of aryl methyl sites for hydroxylation is 1. The molecule has 3 amide bonds. The van der Waals surface area contributed by atoms with Crippen LogP contribution in [0.15, 0.2) is 29.2 Å². The summed E-state index contributed by atoms with van der Waals surface area (Å²) < 4.78 is 6.92. The number of benzene rings is 1. The largest absolute Gasteiger partial charge is 0.465 e. The van der Waals surface area contributed by atoms with Gasteiger partial charge in [0, 0.05) is 30.2 Å². The number of carbonyl (C=O) groups excluding carboxylic acids is 4. The molecule has 9 heteroatoms. The molecule has 0 spiro atoms. The van der Waals surface area contributed by atoms with E-state index in [0.717, 1.165) is 70.5 Å². The zero-order valence-corrected chi connectivity index (χ0v) is 21.9. The molecule has 0 N–H and O–H groups in total. The fourth-order valence-electron chi connectivity index (χ4n) is 4.83. The van der Waals surface area contributed by atoms with Crippen molar-refractivity contribution in [3.8, 4) is 5.69 Å². The zero-order chi connectivity index (χ0) is 26.0. The fraction of sp³-hybridized carbons (Fsp3) is 0.407. The van der Waals surface area contributed by atoms with Gasteiger partial charge in [0.2, 0.25) is 5.91 Å². The Morgan fingerprint density at radius 1 is 1.06 bits per heavy atom. The van der Waals surface area contributed by atoms with Crippen molar-refractivity contribution >= 4 is 40.9 Å². The lowest BCUT2D eigenvalue weighted by Gasteiger charge is -2.22. The van der Waals surface area contributed by atoms with Crippen LogP contribution < -0.4 is 0 Å². The third-order valence-electron chi connectivity index (χ3n) is 6.83. The molecule has 1 aromatic carbocycles. The van der Waals surface area contributed by atoms with Gasteiger partial charge in [-0.1, -0.05) is 18.9 Å². The van der Waals surface area contributed by atoms with E-state index in [9.17, 15) is 19.2 Å². The van der Waals surface area contributed by atoms with E-state index in [1.165, 1.54) is 7.11 Å². The van der Waals surface area contributed by atoms with E-state index >= 15 is 0 Å². The van der Waals surface area contributed by atoms with Crippen molar-refractivity contribution in [3.05, 3.63) is 57.2 Å². The Morgan fingerprint density at radius 3 is 2.42 bits per heavy atom. The smallest absolute Gasteiger partial charge is 0.338 e. The molecule has 1 aromatic heterocycles. The first-order valence-electron chi connectivity index (χ1n) is 12.1. The van der Waals surface area contributed by atoms with E-state index in [-0.39, 0.29) is 12.5 Å². The number of methoxy groups -OCH3 is 1. The lowest BCUT2D eigenvalue weighted by Crippen LogP contribution is -2.42. The Bertz CT molecular complexity index is 1250. The highest BCUT2D eigenvalue weighted by Crippen LogP contribution is 2.34. The summed E-state index contributed by atoms with van der Waals surface area (Å²) >= 11 is 0.859. The van der Waals surface area contributed by atoms with E-state index in [4.69, 9.17) is 4.74 Å². The molecule has 0 radical (unpaired) electrons. The summed E-state index contributed by atoms with van der Waals surface area (Å²) in [5.41, 5.74) is 4.68. The van der Waals surface area contributed by atoms with Crippen molar-refractivity contribution in [1.82, 2.24) is 14.4 Å². The molecule has 0 atom stereocenters. The summed E-state index contributed by atoms with van der Waals surface area (Å²) in [4.78, 5) is 53.7. The van der Waals surface area contributed by atoms with Gasteiger partial charge in [-0.25, -0.2) is 4.79 Å². The molecule has 2 fully saturated rings. The van der Waals surface area contributed by atoms with Gasteiger partial charge < -0.3 is 14.2 Å². The number of hydrogen-bond acceptors (Lipinski definition) is 6. The normalized spacial score (nSPS) is 17.6. The van der Waals surface area contributed by atoms with Gasteiger partial charge in [0.25, 0.3) is 11.1 Å². The molecule has 4 rings (SSSR count). The van der Waals surface area contributed by atoms with Crippen molar-refractivity contribution in [2.45, 2.75) is 46.5 Å². The molecule has 8 nitrogen and oxygen atoms in total. The minimum atomic E-state index is -0.443. The van der Waals surface area contributed by atoms with Gasteiger partial charge in [-0.2, -0.15) is 0 Å². The molecule has 2 saturated heterocycles. The summed E-state index contributed by atoms with van der Waals surface area (Å²) in [6, 6.07) is 7.40. The standard InChI is InChI=1S/C27H31N3O5S/c1-17-14-20(19(3)30(17)22-11-9-10-21(18(22)2)26(33)35-4)15-23-25(32)29(27(34)36-23)16-24(31)28-12-7-5-6-8-13-28/h9-11,14-15H,5-8,12-13,16H2,1-4H3. The van der Waals surface area contributed by atoms with Crippen LogP contribution in [-0.2, 0) is 14.3 Å². The van der Waals surface area contributed by atoms with Gasteiger partial charge >= 0.3 is 5.97 Å². The van der Waals surface area contributed by atoms with Crippen molar-refractivity contribution in [2.24, 2.45) is 0 Å². The molecule has 0 unspecified atom stereocenters. The maximum absolute atomic E-state index is 13.1. The van der Waals surface area contributed by atoms with E-state index in [1.54, 1.807) is 23.1 Å². The Kier molecular flexibility index (Phi) is 7.68. The number of imide groups is 1. The molecule has 2 aliphatic heterocycles. The molecule has 0 aliphatic carbocycles. The molecular weight excluding hydrogens is 478 g/mol. The Morgan fingerprint density at radius 2 is 1.75 bits per heavy atom. The predicted octanol–water partition coefficient (Wildman–Crippen LogP) is 4.63. The van der Waals surface area contributed by atoms with Crippen LogP contribution in [0.2, 0.25) is 0 Å². The molecule has 2 aromatic rings. The van der Waals surface area contributed by atoms with Crippen molar-refractivity contribution in [3.63, 3.8) is 0 Å². The lowest BCUT2D eigenvalue weighted by molar-refractivity contribution is -0.135. The van der Waals surface area contributed by atoms with Crippen LogP contribution in [0, 0.1) is 20.8 Å². The summed E-state index contributed by atoms with van der Waals surface area (Å²) in [5, 5.41) is -0.426. The molecule has 2 aliphatic rings. The Hall–Kier alpha value is -3.33. The summed E-state index contributed by atoms with van der Waals surface area (Å²) in [7, 11) is 1.35. The number of aromatic nitrogens is 1. The number of amides is 3. The molecule has 0 bridgehead atoms. The maximum Gasteiger partial charge on any atom is 0.338 e. The third kappa shape index (κ3) is 4.97. The predicted molar refractivity (Wildman–Crippen MR) is 139 cm³/mol. The van der Waals surface area contributed by atoms with Crippen molar-refractivity contribution < 1.29 is 23.9 Å². The van der Waals surface area contributed by atoms with Gasteiger partial charge in [-0.15, -0.1) is 0 Å². The van der Waals surface area contributed by atoms with Crippen molar-refractivity contribution in [1.29, 1.82) is 0 Å². The van der Waals surface area contributed by atoms with Crippen LogP contribution in [-0.4, -0.2) is 64.1 Å². The second kappa shape index (κ2) is 10.7. The maximum atomic E-state index is 13.1. The van der Waals surface area contributed by atoms with Crippen LogP contribution in [0.4, 0.5) is 4.79 Å². The highest BCUT2D eigenvalue weighted by atomic mass is 32.2. The zero-order valence-electron chi connectivity index (χ0n) is 21.1. The number of ether oxygens (including phenoxy) is 1. The SMILES string of the molecule is COC(=O)c1cccc(-n2c(C)cc(C=C3SC(=O)N(CC(=O)N4CCCCCC4)C3=O)c2C)c1C. The minimum Gasteiger partial charge on any atom is -0.465 e. The number of esters is 1. The highest BCUT2D eigenvalue weighted by molar-refractivity contribution is 8.18. The fourth-order valence-corrected chi connectivity index (χ4v) is 5.66. The van der Waals surface area contributed by atoms with Crippen LogP contribution in [0.5, 0.6) is 0 Å². The van der Waals surface area contributed by atoms with Gasteiger partial charge in [0.05, 0.1) is 17.6 Å². The lowest BCUT2D eigenvalue weighted by atomic mass is 10.1. The monoisotopic (exact) mass is 509 g/mol. The first kappa shape index (κ1) is 25.8. The van der Waals surface area contributed by atoms with Crippen LogP contribution >= 0.6 is 11.8 Å². The number of rotatable bonds is 5. The molecule has 36 heavy (non-hydrogen) atoms. The van der Waals surface area contributed by atoms with Crippen LogP contribution in [0.1, 0.15) is 58.6 Å². The van der Waals surface area contributed by atoms with Gasteiger partial charge in [0.1, 0.15) is 6.54 Å². The number of hydrogen-bond donors (Lipinski definition) is 0. The second-order valence-corrected chi connectivity index (χ2v) is 10.2. The highest BCUT2D eigenvalue weighted by Gasteiger charge is 2.37. The average molecular weight is 510 g/mol. The van der Waals surface area contributed by atoms with E-state index in [2.05, 4.69) is 0 Å². The molecule has 3 heterocycles. The van der Waals surface area contributed by atoms with Gasteiger partial charge in [-0.05, 0) is 80.8 Å². The number of carbonyl (C=O) groups is 4. The molecule has 0 saturated carbocycles. The summed E-state index contributed by atoms with van der Waals surface area (Å²) in [6.07, 6.45) is 5.80. The molecule has 190 valence electrons. The van der Waals surface area contributed by atoms with E-state index in [1.807, 2.05) is 37.5 Å². The second-order valence-electron chi connectivity index (χ2n) is 9.17. The van der Waals surface area contributed by atoms with Crippen LogP contribution in [0.25, 0.3) is 11.8 Å². The van der Waals surface area contributed by atoms with E-state index < -0.39 is 17.1 Å². The first-order chi connectivity index (χ1) is 17.2. The summed E-state index contributed by atoms with van der Waals surface area (Å²) in [6.45, 7) is 6.87. The topological polar surface area (TPSA) is 88.9 Å². The third-order valence-corrected chi connectivity index (χ3v) is 7.74. The molecular formula is C27H31N3O5S. The summed E-state index contributed by atoms with van der Waals surface area (Å²) in [5.74, 6) is -1.03. The van der Waals surface area contributed by atoms with Gasteiger partial charge in [-0.3, -0.25) is 19.3 Å². The minimum absolute atomic E-state index is 0.181. The Balaban J connectivity index is 1.59. The number of likely N-dealkylation sites (tertiary alicyclic amines) is 1. The van der Waals surface area contributed by atoms with Gasteiger partial charge in [0.15, 0.2) is 0 Å². The number of nitrogens with zero attached hydrogens (tertiary/aromatic N) is 3. The number of thioether (sulfide) groups is 1. The first-order valence-corrected chi connectivity index (χ1v) is 12.9. The van der Waals surface area contributed by atoms with Crippen molar-refractivity contribution in [2.75, 3.05) is 26.7 Å².